The van der Waals surface area contributed by atoms with Gasteiger partial charge in [0, 0.05) is 25.7 Å². The number of β-amino-alcohol motifs (C(OH)–C–C–N with tert-alkyl or cyclic N) is 1. The second-order valence-corrected chi connectivity index (χ2v) is 6.07. The lowest BCUT2D eigenvalue weighted by atomic mass is 10.1. The van der Waals surface area contributed by atoms with E-state index in [2.05, 4.69) is 5.32 Å². The molecule has 2 amide bonds. The number of aliphatic hydroxyl groups excluding tert-OH is 1. The minimum absolute atomic E-state index is 0.0212. The van der Waals surface area contributed by atoms with E-state index in [1.54, 1.807) is 11.8 Å². The third kappa shape index (κ3) is 5.89. The molecule has 3 unspecified atom stereocenters. The van der Waals surface area contributed by atoms with Crippen molar-refractivity contribution in [3.8, 4) is 0 Å². The van der Waals surface area contributed by atoms with Gasteiger partial charge in [-0.15, -0.1) is 0 Å². The fourth-order valence-electron chi connectivity index (χ4n) is 2.56. The van der Waals surface area contributed by atoms with E-state index < -0.39 is 18.0 Å². The Hall–Kier alpha value is -1.34. The van der Waals surface area contributed by atoms with Gasteiger partial charge in [0.15, 0.2) is 0 Å². The van der Waals surface area contributed by atoms with Gasteiger partial charge in [0.2, 0.25) is 0 Å². The third-order valence-corrected chi connectivity index (χ3v) is 3.74. The van der Waals surface area contributed by atoms with Crippen molar-refractivity contribution in [3.05, 3.63) is 0 Å². The van der Waals surface area contributed by atoms with E-state index in [0.29, 0.717) is 32.4 Å². The van der Waals surface area contributed by atoms with Crippen LogP contribution in [0, 0.1) is 5.92 Å². The molecular formula is C14H27N3O4. The highest BCUT2D eigenvalue weighted by Gasteiger charge is 2.34. The zero-order chi connectivity index (χ0) is 16.0. The van der Waals surface area contributed by atoms with Gasteiger partial charge in [0.05, 0.1) is 12.0 Å². The van der Waals surface area contributed by atoms with Crippen LogP contribution in [-0.4, -0.2) is 77.9 Å². The van der Waals surface area contributed by atoms with Gasteiger partial charge in [0.1, 0.15) is 0 Å². The van der Waals surface area contributed by atoms with E-state index in [0.717, 1.165) is 6.54 Å². The molecule has 0 spiro atoms. The summed E-state index contributed by atoms with van der Waals surface area (Å²) in [6.45, 7) is 3.20. The largest absolute Gasteiger partial charge is 0.481 e. The first-order valence-corrected chi connectivity index (χ1v) is 7.41. The van der Waals surface area contributed by atoms with Crippen LogP contribution >= 0.6 is 0 Å². The van der Waals surface area contributed by atoms with Crippen LogP contribution in [0.4, 0.5) is 4.79 Å². The van der Waals surface area contributed by atoms with Gasteiger partial charge < -0.3 is 25.3 Å². The lowest BCUT2D eigenvalue weighted by Gasteiger charge is -2.27. The molecule has 1 fully saturated rings. The molecule has 0 aliphatic carbocycles. The van der Waals surface area contributed by atoms with Gasteiger partial charge in [-0.2, -0.15) is 0 Å². The topological polar surface area (TPSA) is 93.1 Å². The summed E-state index contributed by atoms with van der Waals surface area (Å²) in [7, 11) is 3.88. The smallest absolute Gasteiger partial charge is 0.317 e. The molecule has 0 saturated carbocycles. The molecule has 21 heavy (non-hydrogen) atoms. The monoisotopic (exact) mass is 301 g/mol. The second kappa shape index (κ2) is 8.19. The van der Waals surface area contributed by atoms with Crippen molar-refractivity contribution in [3.63, 3.8) is 0 Å². The average Bonchev–Trinajstić information content (AvgIpc) is 2.74. The van der Waals surface area contributed by atoms with E-state index in [-0.39, 0.29) is 12.1 Å². The predicted octanol–water partition coefficient (Wildman–Crippen LogP) is 0.194. The lowest BCUT2D eigenvalue weighted by molar-refractivity contribution is -0.141. The number of carboxylic acid groups (broad SMARTS) is 1. The Labute approximate surface area is 125 Å². The number of nitrogens with zero attached hydrogens (tertiary/aromatic N) is 2. The Morgan fingerprint density at radius 3 is 2.67 bits per heavy atom. The van der Waals surface area contributed by atoms with Crippen LogP contribution < -0.4 is 5.32 Å². The quantitative estimate of drug-likeness (QED) is 0.584. The minimum atomic E-state index is -0.810. The number of hydrogen-bond acceptors (Lipinski definition) is 4. The first-order chi connectivity index (χ1) is 9.81. The number of amides is 2. The minimum Gasteiger partial charge on any atom is -0.481 e. The van der Waals surface area contributed by atoms with Crippen LogP contribution in [0.1, 0.15) is 26.2 Å². The first kappa shape index (κ1) is 17.7. The van der Waals surface area contributed by atoms with Gasteiger partial charge in [-0.25, -0.2) is 4.79 Å². The van der Waals surface area contributed by atoms with Crippen molar-refractivity contribution in [2.75, 3.05) is 33.7 Å². The molecule has 122 valence electrons. The van der Waals surface area contributed by atoms with Crippen molar-refractivity contribution in [2.45, 2.75) is 38.3 Å². The maximum absolute atomic E-state index is 12.1. The van der Waals surface area contributed by atoms with Crippen LogP contribution in [0.2, 0.25) is 0 Å². The van der Waals surface area contributed by atoms with Crippen molar-refractivity contribution in [1.82, 2.24) is 15.1 Å². The molecule has 1 aliphatic heterocycles. The number of carbonyl (C=O) groups excluding carboxylic acids is 1. The number of hydrogen-bond donors (Lipinski definition) is 3. The number of carbonyl (C=O) groups is 2. The van der Waals surface area contributed by atoms with Crippen molar-refractivity contribution in [1.29, 1.82) is 0 Å². The fraction of sp³-hybridized carbons (Fsp3) is 0.857. The zero-order valence-corrected chi connectivity index (χ0v) is 13.1. The van der Waals surface area contributed by atoms with E-state index >= 15 is 0 Å². The van der Waals surface area contributed by atoms with Gasteiger partial charge in [-0.3, -0.25) is 4.79 Å². The summed E-state index contributed by atoms with van der Waals surface area (Å²) in [6.07, 6.45) is 1.31. The maximum Gasteiger partial charge on any atom is 0.317 e. The summed E-state index contributed by atoms with van der Waals surface area (Å²) in [6, 6.07) is -0.158. The summed E-state index contributed by atoms with van der Waals surface area (Å²) in [5, 5.41) is 21.3. The van der Waals surface area contributed by atoms with Crippen LogP contribution in [0.15, 0.2) is 0 Å². The van der Waals surface area contributed by atoms with Crippen LogP contribution in [-0.2, 0) is 4.79 Å². The third-order valence-electron chi connectivity index (χ3n) is 3.74. The average molecular weight is 301 g/mol. The van der Waals surface area contributed by atoms with Crippen LogP contribution in [0.25, 0.3) is 0 Å². The Balaban J connectivity index is 2.34. The predicted molar refractivity (Wildman–Crippen MR) is 79.1 cm³/mol. The lowest BCUT2D eigenvalue weighted by Crippen LogP contribution is -2.46. The van der Waals surface area contributed by atoms with Gasteiger partial charge in [-0.1, -0.05) is 6.92 Å². The molecule has 1 rings (SSSR count). The normalized spacial score (nSPS) is 23.4. The number of aliphatic hydroxyl groups is 1. The number of carboxylic acids is 1. The molecule has 3 atom stereocenters. The number of urea groups is 1. The Kier molecular flexibility index (Phi) is 6.91. The van der Waals surface area contributed by atoms with Gasteiger partial charge in [-0.05, 0) is 33.4 Å². The Morgan fingerprint density at radius 2 is 2.10 bits per heavy atom. The molecule has 1 aliphatic rings. The number of nitrogens with one attached hydrogen (secondary N) is 1. The number of aliphatic carboxylic acids is 1. The molecular weight excluding hydrogens is 274 g/mol. The molecule has 0 aromatic rings. The van der Waals surface area contributed by atoms with E-state index in [9.17, 15) is 14.7 Å². The van der Waals surface area contributed by atoms with Crippen LogP contribution in [0.3, 0.4) is 0 Å². The molecule has 0 bridgehead atoms. The Morgan fingerprint density at radius 1 is 1.43 bits per heavy atom. The zero-order valence-electron chi connectivity index (χ0n) is 13.1. The summed E-state index contributed by atoms with van der Waals surface area (Å²) in [5.74, 6) is -1.20. The fourth-order valence-corrected chi connectivity index (χ4v) is 2.56. The van der Waals surface area contributed by atoms with E-state index in [1.165, 1.54) is 0 Å². The summed E-state index contributed by atoms with van der Waals surface area (Å²) in [5.41, 5.74) is 0. The van der Waals surface area contributed by atoms with Gasteiger partial charge >= 0.3 is 12.0 Å². The molecule has 3 N–H and O–H groups in total. The summed E-state index contributed by atoms with van der Waals surface area (Å²) in [4.78, 5) is 26.5. The summed E-state index contributed by atoms with van der Waals surface area (Å²) >= 11 is 0. The first-order valence-electron chi connectivity index (χ1n) is 7.41. The molecule has 0 aromatic heterocycles. The van der Waals surface area contributed by atoms with Crippen molar-refractivity contribution in [2.24, 2.45) is 5.92 Å². The number of rotatable bonds is 7. The maximum atomic E-state index is 12.1. The SMILES string of the molecule is CC(CCCNC(=O)N1CC(O)CC1CN(C)C)C(=O)O. The van der Waals surface area contributed by atoms with Crippen molar-refractivity contribution < 1.29 is 19.8 Å². The Bertz CT molecular complexity index is 362. The van der Waals surface area contributed by atoms with Crippen molar-refractivity contribution >= 4 is 12.0 Å². The number of likely N-dealkylation sites (N-methyl/N-ethyl adjacent to an activating group) is 1. The standard InChI is InChI=1S/C14H27N3O4/c1-10(13(19)20)5-4-6-15-14(21)17-9-12(18)7-11(17)8-16(2)3/h10-12,18H,4-9H2,1-3H3,(H,15,21)(H,19,20). The molecule has 7 heteroatoms. The molecule has 0 aromatic carbocycles. The molecule has 1 saturated heterocycles. The van der Waals surface area contributed by atoms with E-state index in [1.807, 2.05) is 19.0 Å². The number of likely N-dealkylation sites (tertiary alicyclic amines) is 1. The highest BCUT2D eigenvalue weighted by Crippen LogP contribution is 2.18. The highest BCUT2D eigenvalue weighted by atomic mass is 16.4. The van der Waals surface area contributed by atoms with Crippen LogP contribution in [0.5, 0.6) is 0 Å². The summed E-state index contributed by atoms with van der Waals surface area (Å²) < 4.78 is 0. The van der Waals surface area contributed by atoms with Gasteiger partial charge in [0.25, 0.3) is 0 Å². The molecule has 7 nitrogen and oxygen atoms in total. The molecule has 1 heterocycles. The second-order valence-electron chi connectivity index (χ2n) is 6.07. The highest BCUT2D eigenvalue weighted by molar-refractivity contribution is 5.75. The molecule has 0 radical (unpaired) electrons. The van der Waals surface area contributed by atoms with E-state index in [4.69, 9.17) is 5.11 Å².